The van der Waals surface area contributed by atoms with Crippen molar-refractivity contribution in [2.45, 2.75) is 43.7 Å². The number of aryl methyl sites for hydroxylation is 1. The fourth-order valence-corrected chi connectivity index (χ4v) is 4.99. The summed E-state index contributed by atoms with van der Waals surface area (Å²) in [5.41, 5.74) is 4.10. The van der Waals surface area contributed by atoms with Crippen molar-refractivity contribution in [1.29, 1.82) is 0 Å². The normalized spacial score (nSPS) is 22.5. The van der Waals surface area contributed by atoms with E-state index in [0.717, 1.165) is 24.0 Å². The number of hydrogen-bond acceptors (Lipinski definition) is 6. The molecule has 1 aliphatic rings. The third kappa shape index (κ3) is 6.19. The van der Waals surface area contributed by atoms with Crippen LogP contribution in [0.3, 0.4) is 0 Å². The summed E-state index contributed by atoms with van der Waals surface area (Å²) in [6.07, 6.45) is -3.59. The molecule has 190 valence electrons. The molecule has 0 aliphatic carbocycles. The molecule has 1 amide bonds. The van der Waals surface area contributed by atoms with Crippen LogP contribution < -0.4 is 15.8 Å². The predicted octanol–water partition coefficient (Wildman–Crippen LogP) is 5.26. The molecule has 0 unspecified atom stereocenters. The second-order valence-corrected chi connectivity index (χ2v) is 10.2. The number of nitrogens with one attached hydrogen (secondary N) is 1. The Hall–Kier alpha value is -2.96. The maximum Gasteiger partial charge on any atom is 0.422 e. The maximum absolute atomic E-state index is 14.8. The first-order chi connectivity index (χ1) is 16.1. The van der Waals surface area contributed by atoms with E-state index in [4.69, 9.17) is 5.73 Å². The van der Waals surface area contributed by atoms with E-state index in [1.165, 1.54) is 26.0 Å². The Bertz CT molecular complexity index is 1180. The lowest BCUT2D eigenvalue weighted by molar-refractivity contribution is -0.153. The quantitative estimate of drug-likeness (QED) is 0.508. The highest BCUT2D eigenvalue weighted by Gasteiger charge is 2.44. The van der Waals surface area contributed by atoms with Crippen molar-refractivity contribution >= 4 is 28.5 Å². The number of carbonyl (C=O) groups is 1. The monoisotopic (exact) mass is 520 g/mol. The topological polar surface area (TPSA) is 89.6 Å². The van der Waals surface area contributed by atoms with Crippen molar-refractivity contribution in [1.82, 2.24) is 4.98 Å². The summed E-state index contributed by atoms with van der Waals surface area (Å²) < 4.78 is 83.5. The lowest BCUT2D eigenvalue weighted by atomic mass is 9.83. The van der Waals surface area contributed by atoms with Gasteiger partial charge in [-0.05, 0) is 44.9 Å². The number of amidine groups is 1. The summed E-state index contributed by atoms with van der Waals surface area (Å²) in [6.45, 7) is 2.20. The molecule has 2 aromatic rings. The van der Waals surface area contributed by atoms with Crippen LogP contribution in [-0.4, -0.2) is 40.3 Å². The molecule has 0 spiro atoms. The molecule has 0 saturated heterocycles. The number of rotatable bonds is 6. The number of amides is 1. The number of aliphatic imine (C=N–C) groups is 1. The first-order valence-electron chi connectivity index (χ1n) is 10.2. The molecule has 3 N–H and O–H groups in total. The van der Waals surface area contributed by atoms with Gasteiger partial charge < -0.3 is 15.8 Å². The van der Waals surface area contributed by atoms with Gasteiger partial charge in [-0.1, -0.05) is 11.8 Å². The van der Waals surface area contributed by atoms with Gasteiger partial charge in [-0.2, -0.15) is 13.2 Å². The molecular weight excluding hydrogens is 498 g/mol. The van der Waals surface area contributed by atoms with Crippen molar-refractivity contribution in [2.75, 3.05) is 18.6 Å². The molecule has 13 heteroatoms. The van der Waals surface area contributed by atoms with Crippen molar-refractivity contribution in [3.05, 3.63) is 52.9 Å². The number of benzene rings is 1. The molecule has 1 aliphatic heterocycles. The van der Waals surface area contributed by atoms with E-state index in [9.17, 15) is 31.1 Å². The fraction of sp³-hybridized carbons (Fsp3) is 0.409. The van der Waals surface area contributed by atoms with Gasteiger partial charge in [0.25, 0.3) is 5.91 Å². The summed E-state index contributed by atoms with van der Waals surface area (Å²) in [5.74, 6) is -3.49. The zero-order valence-electron chi connectivity index (χ0n) is 18.9. The smallest absolute Gasteiger partial charge is 0.422 e. The number of halogens is 6. The zero-order valence-corrected chi connectivity index (χ0v) is 19.7. The van der Waals surface area contributed by atoms with Crippen molar-refractivity contribution in [2.24, 2.45) is 10.7 Å². The Balaban J connectivity index is 1.88. The summed E-state index contributed by atoms with van der Waals surface area (Å²) in [4.78, 5) is 20.8. The number of pyridine rings is 1. The van der Waals surface area contributed by atoms with Gasteiger partial charge in [0.1, 0.15) is 18.1 Å². The molecule has 3 rings (SSSR count). The zero-order chi connectivity index (χ0) is 26.2. The Kier molecular flexibility index (Phi) is 7.30. The lowest BCUT2D eigenvalue weighted by Gasteiger charge is -2.39. The minimum Gasteiger partial charge on any atom is -0.482 e. The van der Waals surface area contributed by atoms with Crippen LogP contribution in [0, 0.1) is 18.6 Å². The number of nitrogens with two attached hydrogens (primary N) is 1. The molecule has 35 heavy (non-hydrogen) atoms. The highest BCUT2D eigenvalue weighted by atomic mass is 32.2. The van der Waals surface area contributed by atoms with Crippen LogP contribution in [0.1, 0.15) is 41.9 Å². The first kappa shape index (κ1) is 26.6. The number of aromatic nitrogens is 1. The number of alkyl halides is 4. The van der Waals surface area contributed by atoms with Crippen LogP contribution in [0.2, 0.25) is 0 Å². The van der Waals surface area contributed by atoms with Crippen molar-refractivity contribution in [3.63, 3.8) is 0 Å². The van der Waals surface area contributed by atoms with E-state index in [1.807, 2.05) is 0 Å². The molecule has 6 nitrogen and oxygen atoms in total. The maximum atomic E-state index is 14.8. The van der Waals surface area contributed by atoms with E-state index in [0.29, 0.717) is 0 Å². The van der Waals surface area contributed by atoms with Crippen LogP contribution >= 0.6 is 11.8 Å². The molecule has 2 heterocycles. The Labute approximate surface area is 201 Å². The third-order valence-corrected chi connectivity index (χ3v) is 6.29. The molecule has 0 radical (unpaired) electrons. The standard InChI is InChI=1S/C22H22F6N4O2S/c1-11-4-13(34-10-22(26,27)28)7-30-17(11)18(33)31-12-5-14(16(25)15(24)6-12)21(3)8-20(2,9-23)35-19(29)32-21/h4-7H,8-10H2,1-3H3,(H2,29,32)(H,31,33)/t20-,21+/m1/s1. The third-order valence-electron chi connectivity index (χ3n) is 5.25. The van der Waals surface area contributed by atoms with Gasteiger partial charge >= 0.3 is 6.18 Å². The highest BCUT2D eigenvalue weighted by Crippen LogP contribution is 2.46. The average Bonchev–Trinajstić information content (AvgIpc) is 2.73. The number of hydrogen-bond donors (Lipinski definition) is 2. The average molecular weight is 520 g/mol. The van der Waals surface area contributed by atoms with E-state index in [-0.39, 0.29) is 39.8 Å². The second-order valence-electron chi connectivity index (χ2n) is 8.60. The molecule has 0 bridgehead atoms. The molecule has 0 fully saturated rings. The van der Waals surface area contributed by atoms with Gasteiger partial charge in [0.05, 0.1) is 16.5 Å². The minimum absolute atomic E-state index is 0.00960. The van der Waals surface area contributed by atoms with Crippen molar-refractivity contribution in [3.8, 4) is 5.75 Å². The van der Waals surface area contributed by atoms with Gasteiger partial charge in [0, 0.05) is 17.3 Å². The number of ether oxygens (including phenoxy) is 1. The highest BCUT2D eigenvalue weighted by molar-refractivity contribution is 8.15. The first-order valence-corrected chi connectivity index (χ1v) is 11.0. The Morgan fingerprint density at radius 3 is 2.54 bits per heavy atom. The van der Waals surface area contributed by atoms with Crippen LogP contribution in [0.4, 0.5) is 32.0 Å². The SMILES string of the molecule is Cc1cc(OCC(F)(F)F)cnc1C(=O)Nc1cc(F)c(F)c([C@]2(C)C[C@](C)(CF)SC(N)=N2)c1. The van der Waals surface area contributed by atoms with Crippen LogP contribution in [-0.2, 0) is 5.54 Å². The molecule has 0 saturated carbocycles. The van der Waals surface area contributed by atoms with E-state index < -0.39 is 47.3 Å². The Morgan fingerprint density at radius 2 is 1.94 bits per heavy atom. The largest absolute Gasteiger partial charge is 0.482 e. The number of nitrogens with zero attached hydrogens (tertiary/aromatic N) is 2. The van der Waals surface area contributed by atoms with Gasteiger partial charge in [0.2, 0.25) is 0 Å². The number of thioether (sulfide) groups is 1. The van der Waals surface area contributed by atoms with Crippen LogP contribution in [0.15, 0.2) is 29.4 Å². The summed E-state index contributed by atoms with van der Waals surface area (Å²) in [7, 11) is 0. The van der Waals surface area contributed by atoms with Gasteiger partial charge in [-0.3, -0.25) is 9.79 Å². The van der Waals surface area contributed by atoms with E-state index in [2.05, 4.69) is 20.0 Å². The summed E-state index contributed by atoms with van der Waals surface area (Å²) >= 11 is 1.00. The van der Waals surface area contributed by atoms with Gasteiger partial charge in [0.15, 0.2) is 23.4 Å². The molecule has 1 aromatic carbocycles. The van der Waals surface area contributed by atoms with Gasteiger partial charge in [-0.25, -0.2) is 18.2 Å². The molecule has 1 aromatic heterocycles. The van der Waals surface area contributed by atoms with Crippen molar-refractivity contribution < 1.29 is 35.9 Å². The van der Waals surface area contributed by atoms with Crippen LogP contribution in [0.25, 0.3) is 0 Å². The second kappa shape index (κ2) is 9.59. The number of carbonyl (C=O) groups excluding carboxylic acids is 1. The minimum atomic E-state index is -4.54. The molecule has 2 atom stereocenters. The van der Waals surface area contributed by atoms with E-state index in [1.54, 1.807) is 6.92 Å². The Morgan fingerprint density at radius 1 is 1.26 bits per heavy atom. The number of anilines is 1. The predicted molar refractivity (Wildman–Crippen MR) is 120 cm³/mol. The van der Waals surface area contributed by atoms with Gasteiger partial charge in [-0.15, -0.1) is 0 Å². The van der Waals surface area contributed by atoms with Crippen LogP contribution in [0.5, 0.6) is 5.75 Å². The van der Waals surface area contributed by atoms with E-state index >= 15 is 0 Å². The summed E-state index contributed by atoms with van der Waals surface area (Å²) in [6, 6.07) is 3.13. The summed E-state index contributed by atoms with van der Waals surface area (Å²) in [5, 5.41) is 2.41. The fourth-order valence-electron chi connectivity index (χ4n) is 3.83. The lowest BCUT2D eigenvalue weighted by Crippen LogP contribution is -2.42. The molecular formula is C22H22F6N4O2S.